The average molecular weight is 403 g/mol. The zero-order valence-electron chi connectivity index (χ0n) is 15.4. The van der Waals surface area contributed by atoms with E-state index in [0.717, 1.165) is 25.9 Å². The summed E-state index contributed by atoms with van der Waals surface area (Å²) >= 11 is 0. The number of likely N-dealkylation sites (tertiary alicyclic amines) is 1. The number of hydrogen-bond acceptors (Lipinski definition) is 5. The fraction of sp³-hybridized carbons (Fsp3) is 0.316. The number of nitrogens with zero attached hydrogens (tertiary/aromatic N) is 2. The Kier molecular flexibility index (Phi) is 5.76. The first kappa shape index (κ1) is 20.0. The van der Waals surface area contributed by atoms with Gasteiger partial charge in [0.05, 0.1) is 9.82 Å². The van der Waals surface area contributed by atoms with Crippen molar-refractivity contribution in [3.63, 3.8) is 0 Å². The molecule has 1 N–H and O–H groups in total. The number of sulfonamides is 1. The van der Waals surface area contributed by atoms with Crippen LogP contribution in [0, 0.1) is 17.0 Å². The summed E-state index contributed by atoms with van der Waals surface area (Å²) < 4.78 is 27.6. The molecule has 1 heterocycles. The van der Waals surface area contributed by atoms with Crippen LogP contribution in [0.25, 0.3) is 0 Å². The lowest BCUT2D eigenvalue weighted by Crippen LogP contribution is -2.27. The van der Waals surface area contributed by atoms with Crippen LogP contribution in [0.5, 0.6) is 0 Å². The van der Waals surface area contributed by atoms with Crippen LogP contribution < -0.4 is 4.72 Å². The van der Waals surface area contributed by atoms with Gasteiger partial charge >= 0.3 is 0 Å². The zero-order chi connectivity index (χ0) is 20.3. The number of carbonyl (C=O) groups excluding carboxylic acids is 1. The second-order valence-corrected chi connectivity index (χ2v) is 8.41. The number of nitrogens with one attached hydrogen (secondary N) is 1. The molecule has 1 fully saturated rings. The molecular weight excluding hydrogens is 382 g/mol. The molecule has 0 unspecified atom stereocenters. The van der Waals surface area contributed by atoms with Gasteiger partial charge in [0.2, 0.25) is 10.0 Å². The van der Waals surface area contributed by atoms with E-state index in [9.17, 15) is 23.3 Å². The molecule has 0 saturated carbocycles. The third kappa shape index (κ3) is 4.20. The summed E-state index contributed by atoms with van der Waals surface area (Å²) in [6.07, 6.45) is 2.03. The summed E-state index contributed by atoms with van der Waals surface area (Å²) in [5, 5.41) is 11.0. The molecule has 148 valence electrons. The summed E-state index contributed by atoms with van der Waals surface area (Å²) in [5.41, 5.74) is 1.10. The number of amides is 1. The quantitative estimate of drug-likeness (QED) is 0.589. The molecule has 0 atom stereocenters. The molecule has 2 aromatic rings. The SMILES string of the molecule is Cc1c([N+](=O)[O-])cccc1S(=O)(=O)NCc1ccc(C(=O)N2CCCC2)cc1. The summed E-state index contributed by atoms with van der Waals surface area (Å²) in [7, 11) is -3.91. The number of benzene rings is 2. The highest BCUT2D eigenvalue weighted by molar-refractivity contribution is 7.89. The fourth-order valence-corrected chi connectivity index (χ4v) is 4.49. The molecule has 0 spiro atoms. The third-order valence-corrected chi connectivity index (χ3v) is 6.35. The number of nitro groups is 1. The van der Waals surface area contributed by atoms with Gasteiger partial charge in [0, 0.05) is 36.8 Å². The molecule has 28 heavy (non-hydrogen) atoms. The number of rotatable bonds is 6. The Hall–Kier alpha value is -2.78. The molecule has 0 radical (unpaired) electrons. The maximum Gasteiger partial charge on any atom is 0.273 e. The second-order valence-electron chi connectivity index (χ2n) is 6.68. The maximum absolute atomic E-state index is 12.6. The van der Waals surface area contributed by atoms with E-state index in [2.05, 4.69) is 4.72 Å². The summed E-state index contributed by atoms with van der Waals surface area (Å²) in [5.74, 6) is -0.0168. The van der Waals surface area contributed by atoms with Gasteiger partial charge in [-0.3, -0.25) is 14.9 Å². The van der Waals surface area contributed by atoms with Gasteiger partial charge in [-0.25, -0.2) is 13.1 Å². The largest absolute Gasteiger partial charge is 0.339 e. The van der Waals surface area contributed by atoms with E-state index in [4.69, 9.17) is 0 Å². The number of nitro benzene ring substituents is 1. The molecular formula is C19H21N3O5S. The van der Waals surface area contributed by atoms with E-state index < -0.39 is 14.9 Å². The molecule has 8 nitrogen and oxygen atoms in total. The topological polar surface area (TPSA) is 110 Å². The molecule has 1 saturated heterocycles. The molecule has 0 bridgehead atoms. The monoisotopic (exact) mass is 403 g/mol. The normalized spacial score (nSPS) is 14.2. The lowest BCUT2D eigenvalue weighted by atomic mass is 10.1. The molecule has 9 heteroatoms. The van der Waals surface area contributed by atoms with Crippen LogP contribution >= 0.6 is 0 Å². The average Bonchev–Trinajstić information content (AvgIpc) is 3.21. The molecule has 2 aromatic carbocycles. The minimum atomic E-state index is -3.91. The summed E-state index contributed by atoms with van der Waals surface area (Å²) in [4.78, 5) is 24.4. The lowest BCUT2D eigenvalue weighted by Gasteiger charge is -2.15. The summed E-state index contributed by atoms with van der Waals surface area (Å²) in [6, 6.07) is 10.7. The highest BCUT2D eigenvalue weighted by Crippen LogP contribution is 2.24. The van der Waals surface area contributed by atoms with Crippen molar-refractivity contribution in [2.45, 2.75) is 31.2 Å². The van der Waals surface area contributed by atoms with Crippen LogP contribution in [0.15, 0.2) is 47.4 Å². The Balaban J connectivity index is 1.70. The third-order valence-electron chi connectivity index (χ3n) is 4.80. The van der Waals surface area contributed by atoms with Gasteiger partial charge in [-0.1, -0.05) is 18.2 Å². The van der Waals surface area contributed by atoms with Gasteiger partial charge < -0.3 is 4.90 Å². The van der Waals surface area contributed by atoms with Gasteiger partial charge in [-0.15, -0.1) is 0 Å². The van der Waals surface area contributed by atoms with Crippen molar-refractivity contribution in [2.75, 3.05) is 13.1 Å². The van der Waals surface area contributed by atoms with Crippen molar-refractivity contribution in [1.29, 1.82) is 0 Å². The van der Waals surface area contributed by atoms with Gasteiger partial charge in [0.25, 0.3) is 11.6 Å². The van der Waals surface area contributed by atoms with Crippen molar-refractivity contribution in [3.05, 3.63) is 69.3 Å². The second kappa shape index (κ2) is 8.07. The van der Waals surface area contributed by atoms with Crippen LogP contribution in [-0.2, 0) is 16.6 Å². The van der Waals surface area contributed by atoms with Crippen LogP contribution in [-0.4, -0.2) is 37.2 Å². The van der Waals surface area contributed by atoms with Gasteiger partial charge in [0.1, 0.15) is 0 Å². The Morgan fingerprint density at radius 3 is 2.39 bits per heavy atom. The van der Waals surface area contributed by atoms with Crippen LogP contribution in [0.1, 0.15) is 34.3 Å². The smallest absolute Gasteiger partial charge is 0.273 e. The standard InChI is InChI=1S/C19H21N3O5S/c1-14-17(22(24)25)5-4-6-18(14)28(26,27)20-13-15-7-9-16(10-8-15)19(23)21-11-2-3-12-21/h4-10,20H,2-3,11-13H2,1H3. The fourth-order valence-electron chi connectivity index (χ4n) is 3.22. The Labute approximate surface area is 163 Å². The van der Waals surface area contributed by atoms with Crippen LogP contribution in [0.3, 0.4) is 0 Å². The van der Waals surface area contributed by atoms with E-state index in [-0.39, 0.29) is 28.6 Å². The van der Waals surface area contributed by atoms with Crippen molar-refractivity contribution in [3.8, 4) is 0 Å². The molecule has 0 aromatic heterocycles. The van der Waals surface area contributed by atoms with Crippen molar-refractivity contribution >= 4 is 21.6 Å². The van der Waals surface area contributed by atoms with E-state index in [1.807, 2.05) is 4.90 Å². The first-order valence-corrected chi connectivity index (χ1v) is 10.4. The Morgan fingerprint density at radius 1 is 1.14 bits per heavy atom. The number of carbonyl (C=O) groups is 1. The van der Waals surface area contributed by atoms with E-state index >= 15 is 0 Å². The zero-order valence-corrected chi connectivity index (χ0v) is 16.2. The van der Waals surface area contributed by atoms with Crippen LogP contribution in [0.2, 0.25) is 0 Å². The lowest BCUT2D eigenvalue weighted by molar-refractivity contribution is -0.385. The molecule has 0 aliphatic carbocycles. The predicted molar refractivity (Wildman–Crippen MR) is 103 cm³/mol. The van der Waals surface area contributed by atoms with Gasteiger partial charge in [0.15, 0.2) is 0 Å². The van der Waals surface area contributed by atoms with Gasteiger partial charge in [-0.2, -0.15) is 0 Å². The predicted octanol–water partition coefficient (Wildman–Crippen LogP) is 2.62. The van der Waals surface area contributed by atoms with Gasteiger partial charge in [-0.05, 0) is 43.5 Å². The Bertz CT molecular complexity index is 997. The first-order valence-electron chi connectivity index (χ1n) is 8.91. The Morgan fingerprint density at radius 2 is 1.79 bits per heavy atom. The van der Waals surface area contributed by atoms with Crippen molar-refractivity contribution in [1.82, 2.24) is 9.62 Å². The minimum absolute atomic E-state index is 0.0165. The first-order chi connectivity index (χ1) is 13.3. The van der Waals surface area contributed by atoms with Crippen LogP contribution in [0.4, 0.5) is 5.69 Å². The van der Waals surface area contributed by atoms with E-state index in [1.165, 1.54) is 25.1 Å². The van der Waals surface area contributed by atoms with E-state index in [1.54, 1.807) is 24.3 Å². The van der Waals surface area contributed by atoms with Crippen molar-refractivity contribution < 1.29 is 18.1 Å². The summed E-state index contributed by atoms with van der Waals surface area (Å²) in [6.45, 7) is 2.96. The molecule has 1 aliphatic heterocycles. The maximum atomic E-state index is 12.6. The van der Waals surface area contributed by atoms with Crippen molar-refractivity contribution in [2.24, 2.45) is 0 Å². The molecule has 3 rings (SSSR count). The highest BCUT2D eigenvalue weighted by Gasteiger charge is 2.23. The van der Waals surface area contributed by atoms with E-state index in [0.29, 0.717) is 11.1 Å². The molecule has 1 aliphatic rings. The highest BCUT2D eigenvalue weighted by atomic mass is 32.2. The minimum Gasteiger partial charge on any atom is -0.339 e. The number of hydrogen-bond donors (Lipinski definition) is 1. The molecule has 1 amide bonds.